The zero-order chi connectivity index (χ0) is 16.1. The number of nitrogens with zero attached hydrogens (tertiary/aromatic N) is 1. The van der Waals surface area contributed by atoms with Crippen molar-refractivity contribution in [1.82, 2.24) is 0 Å². The van der Waals surface area contributed by atoms with E-state index in [-0.39, 0.29) is 11.3 Å². The Balaban J connectivity index is 2.28. The number of phenolic OH excluding ortho intramolecular Hbond substituents is 1. The van der Waals surface area contributed by atoms with Crippen LogP contribution in [0.1, 0.15) is 29.3 Å². The Kier molecular flexibility index (Phi) is 4.73. The van der Waals surface area contributed by atoms with Gasteiger partial charge in [0.1, 0.15) is 11.6 Å². The number of phenols is 1. The second-order valence-corrected chi connectivity index (χ2v) is 4.57. The topological polar surface area (TPSA) is 81.9 Å². The molecule has 6 heteroatoms. The van der Waals surface area contributed by atoms with Gasteiger partial charge in [-0.1, -0.05) is 13.0 Å². The molecule has 5 nitrogen and oxygen atoms in total. The first-order chi connectivity index (χ1) is 10.5. The third-order valence-electron chi connectivity index (χ3n) is 3.03. The highest BCUT2D eigenvalue weighted by atomic mass is 19.1. The molecule has 0 fully saturated rings. The molecule has 0 heterocycles. The largest absolute Gasteiger partial charge is 0.507 e. The molecule has 0 aliphatic heterocycles. The molecule has 0 aliphatic carbocycles. The number of carbonyl (C=O) groups is 1. The molecule has 0 aromatic heterocycles. The van der Waals surface area contributed by atoms with Crippen molar-refractivity contribution in [2.45, 2.75) is 13.3 Å². The van der Waals surface area contributed by atoms with Gasteiger partial charge in [0.05, 0.1) is 17.0 Å². The monoisotopic (exact) mass is 302 g/mol. The first kappa shape index (κ1) is 15.5. The van der Waals surface area contributed by atoms with E-state index < -0.39 is 11.8 Å². The predicted octanol–water partition coefficient (Wildman–Crippen LogP) is 3.46. The molecular formula is C16H15FN2O3. The SMILES string of the molecule is CCC(=NNc1cccc(C(=O)O)c1)c1cc(F)ccc1O. The molecule has 0 saturated heterocycles. The first-order valence-corrected chi connectivity index (χ1v) is 6.66. The quantitative estimate of drug-likeness (QED) is 0.583. The van der Waals surface area contributed by atoms with Crippen LogP contribution in [0.15, 0.2) is 47.6 Å². The fourth-order valence-electron chi connectivity index (χ4n) is 1.92. The maximum absolute atomic E-state index is 13.3. The highest BCUT2D eigenvalue weighted by molar-refractivity contribution is 6.03. The average molecular weight is 302 g/mol. The van der Waals surface area contributed by atoms with Crippen molar-refractivity contribution < 1.29 is 19.4 Å². The van der Waals surface area contributed by atoms with Gasteiger partial charge in [-0.05, 0) is 42.8 Å². The first-order valence-electron chi connectivity index (χ1n) is 6.66. The van der Waals surface area contributed by atoms with E-state index in [4.69, 9.17) is 5.11 Å². The average Bonchev–Trinajstić information content (AvgIpc) is 2.51. The molecule has 0 spiro atoms. The maximum atomic E-state index is 13.3. The van der Waals surface area contributed by atoms with Gasteiger partial charge in [0.2, 0.25) is 0 Å². The minimum Gasteiger partial charge on any atom is -0.507 e. The third-order valence-corrected chi connectivity index (χ3v) is 3.03. The summed E-state index contributed by atoms with van der Waals surface area (Å²) in [5, 5.41) is 22.9. The van der Waals surface area contributed by atoms with Crippen LogP contribution in [-0.4, -0.2) is 21.9 Å². The highest BCUT2D eigenvalue weighted by Gasteiger charge is 2.09. The molecule has 0 unspecified atom stereocenters. The van der Waals surface area contributed by atoms with E-state index >= 15 is 0 Å². The number of rotatable bonds is 5. The van der Waals surface area contributed by atoms with E-state index in [9.17, 15) is 14.3 Å². The lowest BCUT2D eigenvalue weighted by molar-refractivity contribution is 0.0697. The summed E-state index contributed by atoms with van der Waals surface area (Å²) in [6.07, 6.45) is 0.461. The van der Waals surface area contributed by atoms with Gasteiger partial charge >= 0.3 is 5.97 Å². The Hall–Kier alpha value is -2.89. The molecule has 3 N–H and O–H groups in total. The number of aromatic hydroxyl groups is 1. The van der Waals surface area contributed by atoms with Crippen LogP contribution in [0, 0.1) is 5.82 Å². The lowest BCUT2D eigenvalue weighted by atomic mass is 10.1. The van der Waals surface area contributed by atoms with Crippen LogP contribution < -0.4 is 5.43 Å². The lowest BCUT2D eigenvalue weighted by Gasteiger charge is -2.08. The Morgan fingerprint density at radius 3 is 2.73 bits per heavy atom. The van der Waals surface area contributed by atoms with Crippen molar-refractivity contribution in [3.63, 3.8) is 0 Å². The number of hydrogen-bond acceptors (Lipinski definition) is 4. The van der Waals surface area contributed by atoms with Crippen molar-refractivity contribution in [2.24, 2.45) is 5.10 Å². The van der Waals surface area contributed by atoms with Gasteiger partial charge < -0.3 is 10.2 Å². The summed E-state index contributed by atoms with van der Waals surface area (Å²) in [7, 11) is 0. The number of carboxylic acids is 1. The second kappa shape index (κ2) is 6.71. The number of anilines is 1. The van der Waals surface area contributed by atoms with E-state index in [2.05, 4.69) is 10.5 Å². The van der Waals surface area contributed by atoms with Gasteiger partial charge in [-0.3, -0.25) is 5.43 Å². The Bertz CT molecular complexity index is 729. The molecule has 0 amide bonds. The smallest absolute Gasteiger partial charge is 0.335 e. The molecular weight excluding hydrogens is 287 g/mol. The van der Waals surface area contributed by atoms with Crippen molar-refractivity contribution in [2.75, 3.05) is 5.43 Å². The van der Waals surface area contributed by atoms with E-state index in [0.717, 1.165) is 6.07 Å². The minimum atomic E-state index is -1.04. The standard InChI is InChI=1S/C16H15FN2O3/c1-2-14(13-9-11(17)6-7-15(13)20)19-18-12-5-3-4-10(8-12)16(21)22/h3-9,18,20H,2H2,1H3,(H,21,22). The Labute approximate surface area is 126 Å². The van der Waals surface area contributed by atoms with Gasteiger partial charge in [-0.25, -0.2) is 9.18 Å². The van der Waals surface area contributed by atoms with Gasteiger partial charge in [0.15, 0.2) is 0 Å². The summed E-state index contributed by atoms with van der Waals surface area (Å²) in [6.45, 7) is 1.82. The number of aromatic carboxylic acids is 1. The Morgan fingerprint density at radius 2 is 2.05 bits per heavy atom. The highest BCUT2D eigenvalue weighted by Crippen LogP contribution is 2.20. The van der Waals surface area contributed by atoms with Crippen LogP contribution in [0.2, 0.25) is 0 Å². The number of hydrazone groups is 1. The minimum absolute atomic E-state index is 0.0666. The zero-order valence-corrected chi connectivity index (χ0v) is 11.9. The third kappa shape index (κ3) is 3.60. The van der Waals surface area contributed by atoms with Crippen molar-refractivity contribution in [1.29, 1.82) is 0 Å². The molecule has 2 rings (SSSR count). The predicted molar refractivity (Wildman–Crippen MR) is 81.9 cm³/mol. The van der Waals surface area contributed by atoms with Crippen LogP contribution in [0.4, 0.5) is 10.1 Å². The van der Waals surface area contributed by atoms with Gasteiger partial charge in [-0.15, -0.1) is 0 Å². The van der Waals surface area contributed by atoms with E-state index in [1.165, 1.54) is 24.3 Å². The molecule has 0 bridgehead atoms. The second-order valence-electron chi connectivity index (χ2n) is 4.57. The number of benzene rings is 2. The normalized spacial score (nSPS) is 11.3. The summed E-state index contributed by atoms with van der Waals surface area (Å²) in [4.78, 5) is 10.9. The Morgan fingerprint density at radius 1 is 1.27 bits per heavy atom. The lowest BCUT2D eigenvalue weighted by Crippen LogP contribution is -2.05. The molecule has 2 aromatic rings. The van der Waals surface area contributed by atoms with Gasteiger partial charge in [0.25, 0.3) is 0 Å². The van der Waals surface area contributed by atoms with E-state index in [0.29, 0.717) is 23.4 Å². The summed E-state index contributed by atoms with van der Waals surface area (Å²) in [6, 6.07) is 9.78. The zero-order valence-electron chi connectivity index (χ0n) is 11.9. The van der Waals surface area contributed by atoms with E-state index in [1.54, 1.807) is 12.1 Å². The maximum Gasteiger partial charge on any atom is 0.335 e. The van der Waals surface area contributed by atoms with Crippen LogP contribution in [0.25, 0.3) is 0 Å². The number of carboxylic acid groups (broad SMARTS) is 1. The number of hydrogen-bond donors (Lipinski definition) is 3. The molecule has 114 valence electrons. The van der Waals surface area contributed by atoms with Crippen molar-refractivity contribution in [3.8, 4) is 5.75 Å². The fraction of sp³-hybridized carbons (Fsp3) is 0.125. The van der Waals surface area contributed by atoms with E-state index in [1.807, 2.05) is 6.92 Å². The van der Waals surface area contributed by atoms with Crippen LogP contribution in [-0.2, 0) is 0 Å². The van der Waals surface area contributed by atoms with Gasteiger partial charge in [-0.2, -0.15) is 5.10 Å². The van der Waals surface area contributed by atoms with Crippen LogP contribution >= 0.6 is 0 Å². The summed E-state index contributed by atoms with van der Waals surface area (Å²) >= 11 is 0. The number of nitrogens with one attached hydrogen (secondary N) is 1. The molecule has 0 saturated carbocycles. The summed E-state index contributed by atoms with van der Waals surface area (Å²) < 4.78 is 13.3. The van der Waals surface area contributed by atoms with Crippen molar-refractivity contribution >= 4 is 17.4 Å². The van der Waals surface area contributed by atoms with Crippen LogP contribution in [0.5, 0.6) is 5.75 Å². The fourth-order valence-corrected chi connectivity index (χ4v) is 1.92. The van der Waals surface area contributed by atoms with Gasteiger partial charge in [0, 0.05) is 5.56 Å². The molecule has 0 aliphatic rings. The number of halogens is 1. The molecule has 0 radical (unpaired) electrons. The summed E-state index contributed by atoms with van der Waals surface area (Å²) in [5.74, 6) is -1.57. The molecule has 22 heavy (non-hydrogen) atoms. The molecule has 0 atom stereocenters. The van der Waals surface area contributed by atoms with Crippen LogP contribution in [0.3, 0.4) is 0 Å². The van der Waals surface area contributed by atoms with Crippen molar-refractivity contribution in [3.05, 3.63) is 59.4 Å². The summed E-state index contributed by atoms with van der Waals surface area (Å²) in [5.41, 5.74) is 4.10. The molecule has 2 aromatic carbocycles.